The molecule has 1 aromatic carbocycles. The van der Waals surface area contributed by atoms with Crippen LogP contribution < -0.4 is 10.2 Å². The van der Waals surface area contributed by atoms with Gasteiger partial charge in [-0.2, -0.15) is 5.10 Å². The number of aromatic amines is 1. The maximum Gasteiger partial charge on any atom is 0.224 e. The molecule has 2 N–H and O–H groups in total. The lowest BCUT2D eigenvalue weighted by Gasteiger charge is -2.33. The van der Waals surface area contributed by atoms with Gasteiger partial charge in [0, 0.05) is 48.2 Å². The number of nitrogens with one attached hydrogen (secondary N) is 2. The number of rotatable bonds is 5. The average molecular weight is 396 g/mol. The third-order valence-electron chi connectivity index (χ3n) is 4.98. The minimum atomic E-state index is -0.000507. The number of nitrogens with zero attached hydrogens (tertiary/aromatic N) is 3. The van der Waals surface area contributed by atoms with Crippen LogP contribution in [0.2, 0.25) is 5.02 Å². The van der Waals surface area contributed by atoms with E-state index in [9.17, 15) is 4.79 Å². The molecule has 7 heteroatoms. The number of hydrogen-bond acceptors (Lipinski definition) is 4. The van der Waals surface area contributed by atoms with Gasteiger partial charge in [0.1, 0.15) is 0 Å². The first-order valence-corrected chi connectivity index (χ1v) is 9.80. The highest BCUT2D eigenvalue weighted by Crippen LogP contribution is 2.24. The van der Waals surface area contributed by atoms with Crippen LogP contribution in [-0.2, 0) is 11.2 Å². The molecular formula is C21H22ClN5O. The molecule has 6 nitrogen and oxygen atoms in total. The van der Waals surface area contributed by atoms with Gasteiger partial charge in [-0.15, -0.1) is 0 Å². The highest BCUT2D eigenvalue weighted by atomic mass is 35.5. The van der Waals surface area contributed by atoms with Crippen LogP contribution in [0, 0.1) is 0 Å². The second-order valence-electron chi connectivity index (χ2n) is 7.00. The third kappa shape index (κ3) is 4.34. The van der Waals surface area contributed by atoms with Crippen molar-refractivity contribution in [2.24, 2.45) is 0 Å². The van der Waals surface area contributed by atoms with E-state index in [4.69, 9.17) is 11.6 Å². The molecule has 0 radical (unpaired) electrons. The molecule has 3 heterocycles. The van der Waals surface area contributed by atoms with Crippen molar-refractivity contribution in [1.29, 1.82) is 0 Å². The van der Waals surface area contributed by atoms with Crippen molar-refractivity contribution < 1.29 is 4.79 Å². The van der Waals surface area contributed by atoms with E-state index in [-0.39, 0.29) is 11.9 Å². The summed E-state index contributed by atoms with van der Waals surface area (Å²) in [5.41, 5.74) is 2.86. The third-order valence-corrected chi connectivity index (χ3v) is 5.34. The number of carbonyl (C=O) groups excluding carboxylic acids is 1. The SMILES string of the molecule is O=C(Cc1ccccc1Cl)N[C@H]1CCCN(c2cc(-c3ccncc3)[nH]n2)C1. The van der Waals surface area contributed by atoms with Crippen LogP contribution in [0.25, 0.3) is 11.3 Å². The van der Waals surface area contributed by atoms with Crippen molar-refractivity contribution in [2.75, 3.05) is 18.0 Å². The fourth-order valence-corrected chi connectivity index (χ4v) is 3.75. The molecule has 0 spiro atoms. The minimum Gasteiger partial charge on any atom is -0.353 e. The van der Waals surface area contributed by atoms with E-state index < -0.39 is 0 Å². The molecule has 1 atom stereocenters. The Morgan fingerprint density at radius 1 is 1.25 bits per heavy atom. The first-order chi connectivity index (χ1) is 13.7. The monoisotopic (exact) mass is 395 g/mol. The van der Waals surface area contributed by atoms with Crippen LogP contribution in [0.4, 0.5) is 5.82 Å². The second-order valence-corrected chi connectivity index (χ2v) is 7.40. The predicted octanol–water partition coefficient (Wildman–Crippen LogP) is 3.45. The highest BCUT2D eigenvalue weighted by molar-refractivity contribution is 6.31. The number of hydrogen-bond donors (Lipinski definition) is 2. The van der Waals surface area contributed by atoms with Gasteiger partial charge in [-0.1, -0.05) is 29.8 Å². The van der Waals surface area contributed by atoms with E-state index in [0.29, 0.717) is 11.4 Å². The number of piperidine rings is 1. The molecule has 0 unspecified atom stereocenters. The van der Waals surface area contributed by atoms with Crippen molar-refractivity contribution in [3.05, 3.63) is 65.4 Å². The van der Waals surface area contributed by atoms with Gasteiger partial charge in [-0.3, -0.25) is 14.9 Å². The minimum absolute atomic E-state index is 0.000507. The zero-order valence-corrected chi connectivity index (χ0v) is 16.2. The zero-order valence-electron chi connectivity index (χ0n) is 15.4. The first-order valence-electron chi connectivity index (χ1n) is 9.42. The molecule has 4 rings (SSSR count). The van der Waals surface area contributed by atoms with Crippen LogP contribution in [-0.4, -0.2) is 40.2 Å². The molecule has 0 saturated carbocycles. The summed E-state index contributed by atoms with van der Waals surface area (Å²) in [7, 11) is 0. The van der Waals surface area contributed by atoms with E-state index in [1.807, 2.05) is 42.5 Å². The molecule has 1 aliphatic rings. The normalized spacial score (nSPS) is 16.8. The molecule has 2 aromatic heterocycles. The van der Waals surface area contributed by atoms with Gasteiger partial charge in [-0.25, -0.2) is 0 Å². The maximum atomic E-state index is 12.4. The predicted molar refractivity (Wildman–Crippen MR) is 110 cm³/mol. The number of H-pyrrole nitrogens is 1. The van der Waals surface area contributed by atoms with Crippen LogP contribution in [0.15, 0.2) is 54.9 Å². The number of aromatic nitrogens is 3. The molecular weight excluding hydrogens is 374 g/mol. The number of pyridine rings is 1. The molecule has 0 bridgehead atoms. The van der Waals surface area contributed by atoms with E-state index in [2.05, 4.69) is 25.4 Å². The Morgan fingerprint density at radius 3 is 2.89 bits per heavy atom. The standard InChI is InChI=1S/C21H22ClN5O/c22-18-6-2-1-4-16(18)12-21(28)24-17-5-3-11-27(14-17)20-13-19(25-26-20)15-7-9-23-10-8-15/h1-2,4,6-10,13,17H,3,5,11-12,14H2,(H,24,28)(H,25,26)/t17-/m0/s1. The lowest BCUT2D eigenvalue weighted by molar-refractivity contribution is -0.121. The molecule has 1 amide bonds. The van der Waals surface area contributed by atoms with Crippen molar-refractivity contribution >= 4 is 23.3 Å². The van der Waals surface area contributed by atoms with Gasteiger partial charge in [-0.05, 0) is 36.6 Å². The first kappa shape index (κ1) is 18.5. The van der Waals surface area contributed by atoms with E-state index in [1.165, 1.54) is 0 Å². The lowest BCUT2D eigenvalue weighted by Crippen LogP contribution is -2.48. The number of halogens is 1. The summed E-state index contributed by atoms with van der Waals surface area (Å²) in [6.45, 7) is 1.67. The Kier molecular flexibility index (Phi) is 5.58. The molecule has 1 fully saturated rings. The van der Waals surface area contributed by atoms with Crippen LogP contribution in [0.3, 0.4) is 0 Å². The number of amides is 1. The van der Waals surface area contributed by atoms with Crippen LogP contribution >= 0.6 is 11.6 Å². The Bertz CT molecular complexity index is 943. The number of carbonyl (C=O) groups is 1. The van der Waals surface area contributed by atoms with Gasteiger partial charge in [0.2, 0.25) is 5.91 Å². The molecule has 3 aromatic rings. The summed E-state index contributed by atoms with van der Waals surface area (Å²) in [6, 6.07) is 13.5. The van der Waals surface area contributed by atoms with E-state index >= 15 is 0 Å². The van der Waals surface area contributed by atoms with Crippen molar-refractivity contribution in [3.63, 3.8) is 0 Å². The van der Waals surface area contributed by atoms with Crippen LogP contribution in [0.5, 0.6) is 0 Å². The topological polar surface area (TPSA) is 73.9 Å². The second kappa shape index (κ2) is 8.44. The Labute approximate surface area is 168 Å². The molecule has 144 valence electrons. The summed E-state index contributed by atoms with van der Waals surface area (Å²) in [5, 5.41) is 11.3. The van der Waals surface area contributed by atoms with Gasteiger partial charge < -0.3 is 10.2 Å². The quantitative estimate of drug-likeness (QED) is 0.693. The Morgan fingerprint density at radius 2 is 2.07 bits per heavy atom. The van der Waals surface area contributed by atoms with Crippen molar-refractivity contribution in [3.8, 4) is 11.3 Å². The fourth-order valence-electron chi connectivity index (χ4n) is 3.55. The molecule has 0 aliphatic carbocycles. The number of benzene rings is 1. The molecule has 1 saturated heterocycles. The van der Waals surface area contributed by atoms with Gasteiger partial charge >= 0.3 is 0 Å². The van der Waals surface area contributed by atoms with E-state index in [1.54, 1.807) is 12.4 Å². The van der Waals surface area contributed by atoms with Crippen molar-refractivity contribution in [2.45, 2.75) is 25.3 Å². The summed E-state index contributed by atoms with van der Waals surface area (Å²) in [5.74, 6) is 0.899. The fraction of sp³-hybridized carbons (Fsp3) is 0.286. The summed E-state index contributed by atoms with van der Waals surface area (Å²) < 4.78 is 0. The largest absolute Gasteiger partial charge is 0.353 e. The average Bonchev–Trinajstić information content (AvgIpc) is 3.21. The van der Waals surface area contributed by atoms with E-state index in [0.717, 1.165) is 48.6 Å². The Hall–Kier alpha value is -2.86. The Balaban J connectivity index is 1.37. The summed E-state index contributed by atoms with van der Waals surface area (Å²) in [6.07, 6.45) is 5.80. The van der Waals surface area contributed by atoms with Crippen molar-refractivity contribution in [1.82, 2.24) is 20.5 Å². The molecule has 28 heavy (non-hydrogen) atoms. The van der Waals surface area contributed by atoms with Gasteiger partial charge in [0.15, 0.2) is 5.82 Å². The number of anilines is 1. The van der Waals surface area contributed by atoms with Gasteiger partial charge in [0.25, 0.3) is 0 Å². The maximum absolute atomic E-state index is 12.4. The van der Waals surface area contributed by atoms with Gasteiger partial charge in [0.05, 0.1) is 12.1 Å². The van der Waals surface area contributed by atoms with Crippen LogP contribution in [0.1, 0.15) is 18.4 Å². The lowest BCUT2D eigenvalue weighted by atomic mass is 10.0. The molecule has 1 aliphatic heterocycles. The smallest absolute Gasteiger partial charge is 0.224 e. The zero-order chi connectivity index (χ0) is 19.3. The summed E-state index contributed by atoms with van der Waals surface area (Å²) in [4.78, 5) is 18.7. The highest BCUT2D eigenvalue weighted by Gasteiger charge is 2.23. The summed E-state index contributed by atoms with van der Waals surface area (Å²) >= 11 is 6.16.